The Kier molecular flexibility index (Phi) is 10.7. The van der Waals surface area contributed by atoms with Crippen LogP contribution in [-0.4, -0.2) is 86.0 Å². The lowest BCUT2D eigenvalue weighted by Gasteiger charge is -2.41. The van der Waals surface area contributed by atoms with Crippen LogP contribution in [0.4, 0.5) is 10.5 Å². The molecule has 12 heteroatoms. The van der Waals surface area contributed by atoms with Crippen LogP contribution in [-0.2, 0) is 31.2 Å². The summed E-state index contributed by atoms with van der Waals surface area (Å²) < 4.78 is 38.8. The van der Waals surface area contributed by atoms with E-state index in [0.717, 1.165) is 49.4 Å². The summed E-state index contributed by atoms with van der Waals surface area (Å²) in [7, 11) is -0.0929. The quantitative estimate of drug-likeness (QED) is 0.381. The van der Waals surface area contributed by atoms with E-state index in [1.165, 1.54) is 16.0 Å². The van der Waals surface area contributed by atoms with Crippen molar-refractivity contribution in [3.8, 4) is 5.75 Å². The number of urea groups is 1. The molecule has 1 aliphatic carbocycles. The van der Waals surface area contributed by atoms with Crippen LogP contribution in [0.25, 0.3) is 0 Å². The van der Waals surface area contributed by atoms with Gasteiger partial charge in [-0.15, -0.1) is 4.36 Å². The van der Waals surface area contributed by atoms with Gasteiger partial charge in [0.25, 0.3) is 5.91 Å². The average Bonchev–Trinajstić information content (AvgIpc) is 3.19. The lowest BCUT2D eigenvalue weighted by Crippen LogP contribution is -2.58. The number of carbonyl (C=O) groups excluding carboxylic acids is 2. The number of benzene rings is 2. The molecule has 48 heavy (non-hydrogen) atoms. The molecule has 1 N–H and O–H groups in total. The molecule has 0 aromatic heterocycles. The monoisotopic (exact) mass is 698 g/mol. The Morgan fingerprint density at radius 1 is 1.15 bits per heavy atom. The number of rotatable bonds is 4. The Balaban J connectivity index is 1.39. The molecule has 1 unspecified atom stereocenters. The second-order valence-corrected chi connectivity index (χ2v) is 16.1. The molecule has 260 valence electrons. The maximum Gasteiger partial charge on any atom is 0.330 e. The Bertz CT molecular complexity index is 1670. The third kappa shape index (κ3) is 7.54. The molecule has 4 aliphatic rings. The highest BCUT2D eigenvalue weighted by Gasteiger charge is 2.42. The van der Waals surface area contributed by atoms with Crippen molar-refractivity contribution >= 4 is 39.1 Å². The van der Waals surface area contributed by atoms with E-state index in [1.807, 2.05) is 24.3 Å². The van der Waals surface area contributed by atoms with Crippen molar-refractivity contribution in [1.29, 1.82) is 0 Å². The maximum absolute atomic E-state index is 14.2. The number of hydrogen-bond donors (Lipinski definition) is 1. The maximum atomic E-state index is 14.2. The minimum atomic E-state index is -3.42. The minimum absolute atomic E-state index is 0.0394. The van der Waals surface area contributed by atoms with Gasteiger partial charge in [0, 0.05) is 43.3 Å². The highest BCUT2D eigenvalue weighted by Crippen LogP contribution is 2.45. The summed E-state index contributed by atoms with van der Waals surface area (Å²) in [6, 6.07) is 11.0. The summed E-state index contributed by atoms with van der Waals surface area (Å²) >= 11 is 6.44. The number of nitrogens with one attached hydrogen (secondary N) is 1. The van der Waals surface area contributed by atoms with E-state index < -0.39 is 21.9 Å². The number of carbonyl (C=O) groups is 2. The van der Waals surface area contributed by atoms with E-state index in [-0.39, 0.29) is 23.4 Å². The number of anilines is 1. The van der Waals surface area contributed by atoms with Gasteiger partial charge in [-0.3, -0.25) is 9.52 Å². The van der Waals surface area contributed by atoms with Crippen LogP contribution in [0.1, 0.15) is 66.9 Å². The minimum Gasteiger partial charge on any atom is -0.490 e. The highest BCUT2D eigenvalue weighted by atomic mass is 35.5. The topological polar surface area (TPSA) is 110 Å². The SMILES string of the molecule is CC[C@@H]1C[C@@H](OC)/C=C/CCCS(=O)(NC(=O)N2CC(OC)C2)=NC(=O)c2ccc3c(c2)N(C1)C[C@@]1(CCCc2cc(Cl)ccc21)CO3. The second kappa shape index (κ2) is 14.8. The zero-order valence-corrected chi connectivity index (χ0v) is 29.7. The molecule has 0 saturated carbocycles. The predicted molar refractivity (Wildman–Crippen MR) is 188 cm³/mol. The third-order valence-electron chi connectivity index (χ3n) is 10.3. The summed E-state index contributed by atoms with van der Waals surface area (Å²) in [6.45, 7) is 4.95. The Morgan fingerprint density at radius 3 is 2.75 bits per heavy atom. The molecule has 3 aliphatic heterocycles. The van der Waals surface area contributed by atoms with Gasteiger partial charge in [0.1, 0.15) is 15.7 Å². The molecule has 2 bridgehead atoms. The van der Waals surface area contributed by atoms with Crippen LogP contribution in [0.15, 0.2) is 52.9 Å². The summed E-state index contributed by atoms with van der Waals surface area (Å²) in [6.07, 6.45) is 9.81. The van der Waals surface area contributed by atoms with Gasteiger partial charge in [0.05, 0.1) is 43.3 Å². The lowest BCUT2D eigenvalue weighted by atomic mass is 9.70. The van der Waals surface area contributed by atoms with Crippen molar-refractivity contribution in [2.45, 2.75) is 69.5 Å². The van der Waals surface area contributed by atoms with Crippen LogP contribution in [0.3, 0.4) is 0 Å². The highest BCUT2D eigenvalue weighted by molar-refractivity contribution is 7.92. The van der Waals surface area contributed by atoms with Crippen LogP contribution in [0.5, 0.6) is 5.75 Å². The molecular weight excluding hydrogens is 652 g/mol. The molecule has 1 spiro atoms. The summed E-state index contributed by atoms with van der Waals surface area (Å²) in [4.78, 5) is 30.7. The van der Waals surface area contributed by atoms with Crippen LogP contribution in [0, 0.1) is 5.92 Å². The number of likely N-dealkylation sites (tertiary alicyclic amines) is 1. The molecular formula is C36H47ClN4O6S. The van der Waals surface area contributed by atoms with Gasteiger partial charge in [0.15, 0.2) is 0 Å². The van der Waals surface area contributed by atoms with Crippen molar-refractivity contribution in [1.82, 2.24) is 9.62 Å². The number of aryl methyl sites for hydroxylation is 1. The first-order valence-corrected chi connectivity index (χ1v) is 19.1. The van der Waals surface area contributed by atoms with Gasteiger partial charge in [-0.25, -0.2) is 9.00 Å². The average molecular weight is 699 g/mol. The number of nitrogens with zero attached hydrogens (tertiary/aromatic N) is 3. The predicted octanol–water partition coefficient (Wildman–Crippen LogP) is 6.16. The fraction of sp³-hybridized carbons (Fsp3) is 0.556. The van der Waals surface area contributed by atoms with E-state index in [4.69, 9.17) is 25.8 Å². The van der Waals surface area contributed by atoms with E-state index in [2.05, 4.69) is 39.1 Å². The van der Waals surface area contributed by atoms with E-state index in [9.17, 15) is 13.8 Å². The number of methoxy groups -OCH3 is 2. The molecule has 2 aromatic carbocycles. The normalized spacial score (nSPS) is 28.8. The van der Waals surface area contributed by atoms with Crippen molar-refractivity contribution in [2.75, 3.05) is 57.7 Å². The number of hydrogen-bond acceptors (Lipinski definition) is 7. The molecule has 1 saturated heterocycles. The van der Waals surface area contributed by atoms with Gasteiger partial charge in [-0.05, 0) is 85.9 Å². The van der Waals surface area contributed by atoms with Gasteiger partial charge < -0.3 is 24.0 Å². The zero-order chi connectivity index (χ0) is 33.9. The van der Waals surface area contributed by atoms with Crippen LogP contribution < -0.4 is 14.4 Å². The summed E-state index contributed by atoms with van der Waals surface area (Å²) in [5.74, 6) is 0.411. The van der Waals surface area contributed by atoms with Crippen molar-refractivity contribution in [3.05, 3.63) is 70.3 Å². The lowest BCUT2D eigenvalue weighted by molar-refractivity contribution is -0.00645. The molecule has 3 amide bonds. The van der Waals surface area contributed by atoms with Gasteiger partial charge >= 0.3 is 6.03 Å². The van der Waals surface area contributed by atoms with Crippen LogP contribution in [0.2, 0.25) is 5.02 Å². The molecule has 4 atom stereocenters. The van der Waals surface area contributed by atoms with Crippen molar-refractivity contribution in [2.24, 2.45) is 10.3 Å². The molecule has 10 nitrogen and oxygen atoms in total. The molecule has 6 rings (SSSR count). The van der Waals surface area contributed by atoms with Gasteiger partial charge in [0.2, 0.25) is 0 Å². The summed E-state index contributed by atoms with van der Waals surface area (Å²) in [5.41, 5.74) is 3.38. The number of allylic oxidation sites excluding steroid dienone is 1. The smallest absolute Gasteiger partial charge is 0.330 e. The van der Waals surface area contributed by atoms with Gasteiger partial charge in [-0.2, -0.15) is 0 Å². The van der Waals surface area contributed by atoms with Crippen molar-refractivity contribution in [3.63, 3.8) is 0 Å². The first-order valence-electron chi connectivity index (χ1n) is 17.0. The van der Waals surface area contributed by atoms with E-state index >= 15 is 0 Å². The number of ether oxygens (including phenoxy) is 3. The third-order valence-corrected chi connectivity index (χ3v) is 12.3. The van der Waals surface area contributed by atoms with E-state index in [0.29, 0.717) is 56.3 Å². The van der Waals surface area contributed by atoms with Crippen LogP contribution >= 0.6 is 11.6 Å². The molecule has 0 radical (unpaired) electrons. The summed E-state index contributed by atoms with van der Waals surface area (Å²) in [5, 5.41) is 0.738. The first kappa shape index (κ1) is 34.7. The fourth-order valence-corrected chi connectivity index (χ4v) is 9.18. The van der Waals surface area contributed by atoms with Gasteiger partial charge in [-0.1, -0.05) is 43.2 Å². The Hall–Kier alpha value is -3.12. The molecule has 2 aromatic rings. The number of halogens is 1. The Labute approximate surface area is 289 Å². The molecule has 3 heterocycles. The second-order valence-electron chi connectivity index (χ2n) is 13.6. The molecule has 1 fully saturated rings. The first-order chi connectivity index (χ1) is 23.1. The van der Waals surface area contributed by atoms with E-state index in [1.54, 1.807) is 20.3 Å². The standard InChI is InChI=1S/C36H47ClN4O6S/c1-4-25-17-29(45-2)10-6-5-7-16-48(44,39-35(43)40-21-30(22-40)46-3)38-34(42)27-11-14-33-32(19-27)41(20-25)23-36(24-47-33)15-8-9-26-18-28(37)12-13-31(26)36/h6,10-14,18-19,25,29-30H,4-5,7-9,15-17,20-24H2,1-3H3,(H,38,39,42,43,44)/b10-6+/t25-,29+,36+,48?/m1/s1. The van der Waals surface area contributed by atoms with Crippen molar-refractivity contribution < 1.29 is 28.0 Å². The zero-order valence-electron chi connectivity index (χ0n) is 28.1. The fourth-order valence-electron chi connectivity index (χ4n) is 7.42. The number of amides is 3. The number of fused-ring (bicyclic) bond motifs is 3. The largest absolute Gasteiger partial charge is 0.490 e. The Morgan fingerprint density at radius 2 is 1.98 bits per heavy atom.